The summed E-state index contributed by atoms with van der Waals surface area (Å²) in [4.78, 5) is 15.8. The van der Waals surface area contributed by atoms with Gasteiger partial charge in [0.1, 0.15) is 11.4 Å². The van der Waals surface area contributed by atoms with Crippen LogP contribution >= 0.6 is 0 Å². The van der Waals surface area contributed by atoms with Crippen LogP contribution in [-0.2, 0) is 4.74 Å². The highest BCUT2D eigenvalue weighted by atomic mass is 16.5. The number of carbonyl (C=O) groups is 1. The van der Waals surface area contributed by atoms with E-state index < -0.39 is 0 Å². The van der Waals surface area contributed by atoms with Crippen LogP contribution in [-0.4, -0.2) is 24.1 Å². The van der Waals surface area contributed by atoms with Crippen molar-refractivity contribution >= 4 is 11.8 Å². The summed E-state index contributed by atoms with van der Waals surface area (Å²) in [5.74, 6) is 0.917. The van der Waals surface area contributed by atoms with Gasteiger partial charge in [0.15, 0.2) is 0 Å². The summed E-state index contributed by atoms with van der Waals surface area (Å²) in [6.07, 6.45) is 3.87. The smallest absolute Gasteiger partial charge is 0.341 e. The van der Waals surface area contributed by atoms with E-state index in [0.29, 0.717) is 17.3 Å². The van der Waals surface area contributed by atoms with E-state index in [1.165, 1.54) is 7.11 Å². The summed E-state index contributed by atoms with van der Waals surface area (Å²) in [5, 5.41) is 3.27. The van der Waals surface area contributed by atoms with Gasteiger partial charge in [0.2, 0.25) is 0 Å². The van der Waals surface area contributed by atoms with Crippen LogP contribution < -0.4 is 5.32 Å². The number of nitrogens with zero attached hydrogens (tertiary/aromatic N) is 1. The van der Waals surface area contributed by atoms with E-state index in [1.807, 2.05) is 0 Å². The van der Waals surface area contributed by atoms with Gasteiger partial charge < -0.3 is 10.1 Å². The number of ether oxygens (including phenoxy) is 1. The van der Waals surface area contributed by atoms with E-state index in [1.54, 1.807) is 18.3 Å². The summed E-state index contributed by atoms with van der Waals surface area (Å²) >= 11 is 0. The number of esters is 1. The molecule has 0 aliphatic heterocycles. The third-order valence-corrected chi connectivity index (χ3v) is 2.77. The average Bonchev–Trinajstić information content (AvgIpc) is 2.36. The Kier molecular flexibility index (Phi) is 5.62. The van der Waals surface area contributed by atoms with Gasteiger partial charge in [-0.3, -0.25) is 0 Å². The number of carbonyl (C=O) groups excluding carboxylic acids is 1. The lowest BCUT2D eigenvalue weighted by Crippen LogP contribution is -2.19. The Hall–Kier alpha value is -1.58. The lowest BCUT2D eigenvalue weighted by Gasteiger charge is -2.17. The van der Waals surface area contributed by atoms with Gasteiger partial charge in [-0.1, -0.05) is 13.8 Å². The number of anilines is 1. The van der Waals surface area contributed by atoms with Crippen LogP contribution in [0, 0.1) is 5.92 Å². The van der Waals surface area contributed by atoms with Crippen molar-refractivity contribution in [2.24, 2.45) is 5.92 Å². The minimum absolute atomic E-state index is 0.283. The topological polar surface area (TPSA) is 51.2 Å². The first-order valence-electron chi connectivity index (χ1n) is 6.34. The highest BCUT2D eigenvalue weighted by Gasteiger charge is 2.14. The molecule has 1 aromatic rings. The molecule has 0 saturated heterocycles. The number of pyridine rings is 1. The molecule has 1 atom stereocenters. The summed E-state index contributed by atoms with van der Waals surface area (Å²) in [6.45, 7) is 6.50. The van der Waals surface area contributed by atoms with Crippen LogP contribution in [0.3, 0.4) is 0 Å². The fraction of sp³-hybridized carbons (Fsp3) is 0.571. The Morgan fingerprint density at radius 2 is 2.11 bits per heavy atom. The lowest BCUT2D eigenvalue weighted by atomic mass is 10.0. The number of nitrogens with one attached hydrogen (secondary N) is 1. The van der Waals surface area contributed by atoms with E-state index in [9.17, 15) is 4.79 Å². The summed E-state index contributed by atoms with van der Waals surface area (Å²) in [5.41, 5.74) is 0.483. The minimum Gasteiger partial charge on any atom is -0.465 e. The van der Waals surface area contributed by atoms with Gasteiger partial charge in [-0.2, -0.15) is 0 Å². The molecule has 1 rings (SSSR count). The fourth-order valence-electron chi connectivity index (χ4n) is 1.68. The van der Waals surface area contributed by atoms with Gasteiger partial charge in [0, 0.05) is 12.2 Å². The molecule has 0 saturated carbocycles. The number of rotatable bonds is 6. The molecule has 0 aliphatic rings. The summed E-state index contributed by atoms with van der Waals surface area (Å²) in [6, 6.07) is 3.73. The van der Waals surface area contributed by atoms with E-state index in [0.717, 1.165) is 12.8 Å². The van der Waals surface area contributed by atoms with Crippen LogP contribution in [0.25, 0.3) is 0 Å². The molecular weight excluding hydrogens is 228 g/mol. The van der Waals surface area contributed by atoms with Crippen LogP contribution in [0.5, 0.6) is 0 Å². The first-order chi connectivity index (χ1) is 8.54. The quantitative estimate of drug-likeness (QED) is 0.788. The maximum absolute atomic E-state index is 11.6. The molecule has 4 heteroatoms. The van der Waals surface area contributed by atoms with E-state index >= 15 is 0 Å². The molecule has 100 valence electrons. The van der Waals surface area contributed by atoms with Gasteiger partial charge >= 0.3 is 5.97 Å². The Labute approximate surface area is 109 Å². The second-order valence-electron chi connectivity index (χ2n) is 4.91. The standard InChI is InChI=1S/C14H22N2O2/c1-10(2)7-8-11(3)16-13-12(14(17)18-4)6-5-9-15-13/h5-6,9-11H,7-8H2,1-4H3,(H,15,16). The normalized spacial score (nSPS) is 12.3. The van der Waals surface area contributed by atoms with Crippen molar-refractivity contribution < 1.29 is 9.53 Å². The molecule has 1 unspecified atom stereocenters. The molecule has 1 aromatic heterocycles. The Morgan fingerprint density at radius 1 is 1.39 bits per heavy atom. The maximum Gasteiger partial charge on any atom is 0.341 e. The van der Waals surface area contributed by atoms with Gasteiger partial charge in [-0.15, -0.1) is 0 Å². The second-order valence-corrected chi connectivity index (χ2v) is 4.91. The zero-order valence-electron chi connectivity index (χ0n) is 11.6. The van der Waals surface area contributed by atoms with Crippen molar-refractivity contribution in [1.82, 2.24) is 4.98 Å². The lowest BCUT2D eigenvalue weighted by molar-refractivity contribution is 0.0601. The molecule has 1 heterocycles. The van der Waals surface area contributed by atoms with Gasteiger partial charge in [-0.05, 0) is 37.8 Å². The Balaban J connectivity index is 2.69. The summed E-state index contributed by atoms with van der Waals surface area (Å²) in [7, 11) is 1.38. The van der Waals surface area contributed by atoms with Crippen molar-refractivity contribution in [3.05, 3.63) is 23.9 Å². The van der Waals surface area contributed by atoms with Gasteiger partial charge in [0.25, 0.3) is 0 Å². The third kappa shape index (κ3) is 4.35. The molecule has 0 radical (unpaired) electrons. The van der Waals surface area contributed by atoms with Crippen molar-refractivity contribution in [3.63, 3.8) is 0 Å². The molecular formula is C14H22N2O2. The zero-order valence-corrected chi connectivity index (χ0v) is 11.6. The van der Waals surface area contributed by atoms with Gasteiger partial charge in [-0.25, -0.2) is 9.78 Å². The maximum atomic E-state index is 11.6. The van der Waals surface area contributed by atoms with Gasteiger partial charge in [0.05, 0.1) is 7.11 Å². The van der Waals surface area contributed by atoms with Crippen molar-refractivity contribution in [1.29, 1.82) is 0 Å². The predicted octanol–water partition coefficient (Wildman–Crippen LogP) is 3.10. The molecule has 0 aromatic carbocycles. The molecule has 4 nitrogen and oxygen atoms in total. The molecule has 1 N–H and O–H groups in total. The fourth-order valence-corrected chi connectivity index (χ4v) is 1.68. The largest absolute Gasteiger partial charge is 0.465 e. The first kappa shape index (κ1) is 14.5. The molecule has 0 fully saturated rings. The van der Waals surface area contributed by atoms with Crippen molar-refractivity contribution in [2.45, 2.75) is 39.7 Å². The van der Waals surface area contributed by atoms with Crippen molar-refractivity contribution in [3.8, 4) is 0 Å². The van der Waals surface area contributed by atoms with Crippen LogP contribution in [0.2, 0.25) is 0 Å². The zero-order chi connectivity index (χ0) is 13.5. The monoisotopic (exact) mass is 250 g/mol. The van der Waals surface area contributed by atoms with E-state index in [4.69, 9.17) is 4.74 Å². The third-order valence-electron chi connectivity index (χ3n) is 2.77. The molecule has 18 heavy (non-hydrogen) atoms. The average molecular weight is 250 g/mol. The Morgan fingerprint density at radius 3 is 2.72 bits per heavy atom. The van der Waals surface area contributed by atoms with Crippen LogP contribution in [0.1, 0.15) is 44.0 Å². The number of hydrogen-bond donors (Lipinski definition) is 1. The molecule has 0 amide bonds. The van der Waals surface area contributed by atoms with Crippen molar-refractivity contribution in [2.75, 3.05) is 12.4 Å². The predicted molar refractivity (Wildman–Crippen MR) is 72.7 cm³/mol. The Bertz CT molecular complexity index is 391. The number of methoxy groups -OCH3 is 1. The minimum atomic E-state index is -0.360. The van der Waals surface area contributed by atoms with E-state index in [2.05, 4.69) is 31.1 Å². The number of hydrogen-bond acceptors (Lipinski definition) is 4. The van der Waals surface area contributed by atoms with Crippen LogP contribution in [0.15, 0.2) is 18.3 Å². The van der Waals surface area contributed by atoms with Crippen LogP contribution in [0.4, 0.5) is 5.82 Å². The second kappa shape index (κ2) is 6.99. The molecule has 0 bridgehead atoms. The van der Waals surface area contributed by atoms with E-state index in [-0.39, 0.29) is 12.0 Å². The summed E-state index contributed by atoms with van der Waals surface area (Å²) < 4.78 is 4.74. The highest BCUT2D eigenvalue weighted by Crippen LogP contribution is 2.16. The highest BCUT2D eigenvalue weighted by molar-refractivity contribution is 5.94. The first-order valence-corrected chi connectivity index (χ1v) is 6.34. The molecule has 0 aliphatic carbocycles. The number of aromatic nitrogens is 1. The molecule has 0 spiro atoms. The SMILES string of the molecule is COC(=O)c1cccnc1NC(C)CCC(C)C.